The van der Waals surface area contributed by atoms with Crippen LogP contribution in [0.2, 0.25) is 0 Å². The minimum atomic E-state index is -0.835. The topological polar surface area (TPSA) is 72.4 Å². The van der Waals surface area contributed by atoms with Gasteiger partial charge in [0.2, 0.25) is 5.91 Å². The predicted molar refractivity (Wildman–Crippen MR) is 83.4 cm³/mol. The Bertz CT molecular complexity index is 712. The molecule has 0 radical (unpaired) electrons. The van der Waals surface area contributed by atoms with Crippen molar-refractivity contribution >= 4 is 5.91 Å². The van der Waals surface area contributed by atoms with Gasteiger partial charge in [0.15, 0.2) is 0 Å². The van der Waals surface area contributed by atoms with Gasteiger partial charge in [0.25, 0.3) is 0 Å². The molecule has 1 aromatic carbocycles. The van der Waals surface area contributed by atoms with Crippen molar-refractivity contribution in [2.24, 2.45) is 5.92 Å². The summed E-state index contributed by atoms with van der Waals surface area (Å²) >= 11 is 0. The number of rotatable bonds is 4. The zero-order valence-electron chi connectivity index (χ0n) is 13.2. The lowest BCUT2D eigenvalue weighted by molar-refractivity contribution is 0.0816. The van der Waals surface area contributed by atoms with Crippen LogP contribution in [0, 0.1) is 5.92 Å². The summed E-state index contributed by atoms with van der Waals surface area (Å²) < 4.78 is 5.67. The maximum absolute atomic E-state index is 12.7. The third-order valence-corrected chi connectivity index (χ3v) is 4.06. The van der Waals surface area contributed by atoms with Crippen molar-refractivity contribution in [3.63, 3.8) is 0 Å². The smallest absolute Gasteiger partial charge is 0.429 e. The highest BCUT2D eigenvalue weighted by atomic mass is 16.5. The first-order chi connectivity index (χ1) is 10.3. The predicted octanol–water partition coefficient (Wildman–Crippen LogP) is 3.35. The zero-order chi connectivity index (χ0) is 16.4. The summed E-state index contributed by atoms with van der Waals surface area (Å²) in [7, 11) is 0. The molecule has 1 heterocycles. The molecular formula is C17H21NO4. The molecule has 22 heavy (non-hydrogen) atoms. The van der Waals surface area contributed by atoms with Crippen molar-refractivity contribution in [1.29, 1.82) is 0 Å². The van der Waals surface area contributed by atoms with E-state index in [1.807, 2.05) is 37.3 Å². The fourth-order valence-corrected chi connectivity index (χ4v) is 2.55. The third-order valence-electron chi connectivity index (χ3n) is 4.06. The largest absolute Gasteiger partial charge is 0.479 e. The van der Waals surface area contributed by atoms with Crippen LogP contribution in [-0.4, -0.2) is 15.6 Å². The summed E-state index contributed by atoms with van der Waals surface area (Å²) in [6.07, 6.45) is 0. The SMILES string of the molecule is CC(C)c1c(O)oc(=O)n1C(=O)[C@H](C)[C@@H](C)c1ccccc1. The van der Waals surface area contributed by atoms with Crippen molar-refractivity contribution < 1.29 is 14.3 Å². The Morgan fingerprint density at radius 2 is 1.73 bits per heavy atom. The number of hydrogen-bond donors (Lipinski definition) is 1. The summed E-state index contributed by atoms with van der Waals surface area (Å²) in [5, 5.41) is 9.73. The van der Waals surface area contributed by atoms with Crippen LogP contribution in [-0.2, 0) is 0 Å². The van der Waals surface area contributed by atoms with E-state index in [1.54, 1.807) is 20.8 Å². The lowest BCUT2D eigenvalue weighted by Crippen LogP contribution is -2.32. The van der Waals surface area contributed by atoms with Gasteiger partial charge in [-0.25, -0.2) is 9.36 Å². The van der Waals surface area contributed by atoms with Gasteiger partial charge < -0.3 is 9.52 Å². The number of hydrogen-bond acceptors (Lipinski definition) is 4. The molecule has 0 aliphatic rings. The average Bonchev–Trinajstić information content (AvgIpc) is 2.80. The summed E-state index contributed by atoms with van der Waals surface area (Å²) in [6.45, 7) is 7.30. The molecule has 2 aromatic rings. The highest BCUT2D eigenvalue weighted by Crippen LogP contribution is 2.29. The van der Waals surface area contributed by atoms with E-state index in [1.165, 1.54) is 0 Å². The van der Waals surface area contributed by atoms with E-state index in [0.29, 0.717) is 0 Å². The molecule has 0 aliphatic carbocycles. The van der Waals surface area contributed by atoms with Crippen LogP contribution in [0.15, 0.2) is 39.5 Å². The highest BCUT2D eigenvalue weighted by molar-refractivity contribution is 5.82. The van der Waals surface area contributed by atoms with E-state index in [4.69, 9.17) is 4.42 Å². The molecule has 0 saturated heterocycles. The van der Waals surface area contributed by atoms with Crippen LogP contribution in [0.3, 0.4) is 0 Å². The van der Waals surface area contributed by atoms with Gasteiger partial charge in [0.05, 0.1) is 0 Å². The molecule has 0 fully saturated rings. The van der Waals surface area contributed by atoms with Crippen LogP contribution < -0.4 is 5.76 Å². The van der Waals surface area contributed by atoms with Crippen LogP contribution in [0.4, 0.5) is 0 Å². The molecule has 118 valence electrons. The summed E-state index contributed by atoms with van der Waals surface area (Å²) in [5.41, 5.74) is 1.25. The second-order valence-electron chi connectivity index (χ2n) is 5.87. The maximum Gasteiger partial charge on any atom is 0.429 e. The van der Waals surface area contributed by atoms with E-state index in [2.05, 4.69) is 0 Å². The van der Waals surface area contributed by atoms with Gasteiger partial charge in [-0.15, -0.1) is 0 Å². The van der Waals surface area contributed by atoms with Crippen molar-refractivity contribution in [3.8, 4) is 5.95 Å². The number of carbonyl (C=O) groups excluding carboxylic acids is 1. The monoisotopic (exact) mass is 303 g/mol. The van der Waals surface area contributed by atoms with Gasteiger partial charge in [-0.3, -0.25) is 4.79 Å². The summed E-state index contributed by atoms with van der Waals surface area (Å²) in [4.78, 5) is 24.6. The molecular weight excluding hydrogens is 282 g/mol. The zero-order valence-corrected chi connectivity index (χ0v) is 13.2. The van der Waals surface area contributed by atoms with Crippen molar-refractivity contribution in [1.82, 2.24) is 4.57 Å². The van der Waals surface area contributed by atoms with E-state index >= 15 is 0 Å². The van der Waals surface area contributed by atoms with Crippen molar-refractivity contribution in [2.75, 3.05) is 0 Å². The van der Waals surface area contributed by atoms with E-state index in [0.717, 1.165) is 10.1 Å². The number of oxazole rings is 1. The molecule has 5 nitrogen and oxygen atoms in total. The lowest BCUT2D eigenvalue weighted by Gasteiger charge is -2.20. The molecule has 5 heteroatoms. The number of nitrogens with zero attached hydrogens (tertiary/aromatic N) is 1. The first-order valence-corrected chi connectivity index (χ1v) is 7.38. The molecule has 0 aliphatic heterocycles. The quantitative estimate of drug-likeness (QED) is 0.940. The number of carbonyl (C=O) groups is 1. The maximum atomic E-state index is 12.7. The fourth-order valence-electron chi connectivity index (χ4n) is 2.55. The minimum absolute atomic E-state index is 0.0577. The van der Waals surface area contributed by atoms with Gasteiger partial charge in [0.1, 0.15) is 5.69 Å². The Kier molecular flexibility index (Phi) is 4.54. The Morgan fingerprint density at radius 1 is 1.14 bits per heavy atom. The summed E-state index contributed by atoms with van der Waals surface area (Å²) in [6, 6.07) is 9.65. The first-order valence-electron chi connectivity index (χ1n) is 7.38. The molecule has 0 bridgehead atoms. The molecule has 0 spiro atoms. The van der Waals surface area contributed by atoms with Crippen LogP contribution >= 0.6 is 0 Å². The van der Waals surface area contributed by atoms with Crippen LogP contribution in [0.5, 0.6) is 5.95 Å². The molecule has 0 amide bonds. The third kappa shape index (κ3) is 2.84. The second kappa shape index (κ2) is 6.22. The van der Waals surface area contributed by atoms with Crippen LogP contribution in [0.25, 0.3) is 0 Å². The average molecular weight is 303 g/mol. The van der Waals surface area contributed by atoms with Gasteiger partial charge in [-0.05, 0) is 11.5 Å². The van der Waals surface area contributed by atoms with E-state index in [9.17, 15) is 14.7 Å². The number of benzene rings is 1. The van der Waals surface area contributed by atoms with Crippen LogP contribution in [0.1, 0.15) is 55.6 Å². The Morgan fingerprint density at radius 3 is 2.27 bits per heavy atom. The van der Waals surface area contributed by atoms with E-state index in [-0.39, 0.29) is 23.4 Å². The second-order valence-corrected chi connectivity index (χ2v) is 5.87. The lowest BCUT2D eigenvalue weighted by atomic mass is 9.88. The fraction of sp³-hybridized carbons (Fsp3) is 0.412. The standard InChI is InChI=1S/C17H21NO4/c1-10(2)14-16(20)22-17(21)18(14)15(19)12(4)11(3)13-8-6-5-7-9-13/h5-12,20H,1-4H3/t11-,12-/m1/s1. The van der Waals surface area contributed by atoms with Gasteiger partial charge >= 0.3 is 11.7 Å². The number of aromatic hydroxyl groups is 1. The minimum Gasteiger partial charge on any atom is -0.479 e. The molecule has 0 unspecified atom stereocenters. The Balaban J connectivity index is 2.38. The Labute approximate surface area is 129 Å². The molecule has 1 N–H and O–H groups in total. The Hall–Kier alpha value is -2.30. The normalized spacial score (nSPS) is 14.0. The highest BCUT2D eigenvalue weighted by Gasteiger charge is 2.30. The molecule has 2 atom stereocenters. The molecule has 2 rings (SSSR count). The first kappa shape index (κ1) is 16.1. The van der Waals surface area contributed by atoms with Gasteiger partial charge in [-0.1, -0.05) is 58.0 Å². The number of aromatic nitrogens is 1. The van der Waals surface area contributed by atoms with Gasteiger partial charge in [-0.2, -0.15) is 0 Å². The van der Waals surface area contributed by atoms with Gasteiger partial charge in [0, 0.05) is 11.8 Å². The molecule has 0 saturated carbocycles. The van der Waals surface area contributed by atoms with Crippen molar-refractivity contribution in [3.05, 3.63) is 52.1 Å². The van der Waals surface area contributed by atoms with Crippen molar-refractivity contribution in [2.45, 2.75) is 39.5 Å². The molecule has 1 aromatic heterocycles. The summed E-state index contributed by atoms with van der Waals surface area (Å²) in [5.74, 6) is -2.36. The van der Waals surface area contributed by atoms with E-state index < -0.39 is 17.6 Å².